The molecule has 0 aromatic heterocycles. The Morgan fingerprint density at radius 2 is 2.07 bits per heavy atom. The molecular formula is C13H20O2. The van der Waals surface area contributed by atoms with Crippen LogP contribution in [0.25, 0.3) is 0 Å². The summed E-state index contributed by atoms with van der Waals surface area (Å²) < 4.78 is 0. The first-order valence-electron chi connectivity index (χ1n) is 6.17. The van der Waals surface area contributed by atoms with Gasteiger partial charge in [-0.05, 0) is 43.9 Å². The summed E-state index contributed by atoms with van der Waals surface area (Å²) in [6.45, 7) is 4.13. The average molecular weight is 208 g/mol. The smallest absolute Gasteiger partial charge is 0.0603 e. The van der Waals surface area contributed by atoms with Crippen molar-refractivity contribution < 1.29 is 10.2 Å². The lowest BCUT2D eigenvalue weighted by Crippen LogP contribution is -2.50. The molecule has 2 bridgehead atoms. The summed E-state index contributed by atoms with van der Waals surface area (Å²) in [5.41, 5.74) is 1.27. The molecule has 0 heterocycles. The zero-order valence-corrected chi connectivity index (χ0v) is 9.15. The van der Waals surface area contributed by atoms with Gasteiger partial charge in [0.25, 0.3) is 0 Å². The monoisotopic (exact) mass is 208 g/mol. The number of aliphatic hydroxyl groups is 2. The van der Waals surface area contributed by atoms with Gasteiger partial charge in [-0.2, -0.15) is 0 Å². The Morgan fingerprint density at radius 3 is 2.87 bits per heavy atom. The van der Waals surface area contributed by atoms with Crippen molar-refractivity contribution in [3.8, 4) is 0 Å². The molecule has 3 aliphatic rings. The van der Waals surface area contributed by atoms with E-state index in [2.05, 4.69) is 6.58 Å². The number of aliphatic hydroxyl groups excluding tert-OH is 2. The predicted octanol–water partition coefficient (Wildman–Crippen LogP) is 1.86. The van der Waals surface area contributed by atoms with Gasteiger partial charge in [-0.1, -0.05) is 18.6 Å². The molecule has 5 atom stereocenters. The fourth-order valence-corrected chi connectivity index (χ4v) is 4.41. The molecule has 2 nitrogen and oxygen atoms in total. The van der Waals surface area contributed by atoms with Crippen molar-refractivity contribution in [2.24, 2.45) is 17.3 Å². The maximum atomic E-state index is 10.3. The van der Waals surface area contributed by atoms with E-state index >= 15 is 0 Å². The third-order valence-corrected chi connectivity index (χ3v) is 5.15. The Bertz CT molecular complexity index is 299. The van der Waals surface area contributed by atoms with Crippen molar-refractivity contribution in [2.75, 3.05) is 0 Å². The van der Waals surface area contributed by atoms with Crippen LogP contribution < -0.4 is 0 Å². The number of fused-ring (bicyclic) bond motifs is 1. The van der Waals surface area contributed by atoms with Crippen molar-refractivity contribution >= 4 is 0 Å². The largest absolute Gasteiger partial charge is 0.393 e. The molecule has 3 saturated carbocycles. The van der Waals surface area contributed by atoms with E-state index in [1.165, 1.54) is 5.57 Å². The second-order valence-corrected chi connectivity index (χ2v) is 5.83. The number of rotatable bonds is 0. The maximum Gasteiger partial charge on any atom is 0.0603 e. The third-order valence-electron chi connectivity index (χ3n) is 5.15. The molecule has 15 heavy (non-hydrogen) atoms. The minimum absolute atomic E-state index is 0.00231. The van der Waals surface area contributed by atoms with Gasteiger partial charge < -0.3 is 10.2 Å². The fourth-order valence-electron chi connectivity index (χ4n) is 4.41. The first kappa shape index (κ1) is 9.86. The normalized spacial score (nSPS) is 54.1. The van der Waals surface area contributed by atoms with Crippen LogP contribution in [-0.4, -0.2) is 22.4 Å². The van der Waals surface area contributed by atoms with E-state index in [0.29, 0.717) is 11.8 Å². The van der Waals surface area contributed by atoms with Gasteiger partial charge in [0.05, 0.1) is 12.2 Å². The van der Waals surface area contributed by atoms with Crippen LogP contribution in [0.1, 0.15) is 38.5 Å². The zero-order chi connectivity index (χ0) is 10.6. The molecule has 2 N–H and O–H groups in total. The molecule has 0 aliphatic heterocycles. The zero-order valence-electron chi connectivity index (χ0n) is 9.15. The van der Waals surface area contributed by atoms with E-state index in [1.54, 1.807) is 0 Å². The molecule has 0 aromatic rings. The minimum Gasteiger partial charge on any atom is -0.393 e. The second-order valence-electron chi connectivity index (χ2n) is 5.83. The van der Waals surface area contributed by atoms with E-state index in [0.717, 1.165) is 38.5 Å². The van der Waals surface area contributed by atoms with Crippen LogP contribution in [0.15, 0.2) is 12.2 Å². The molecule has 3 unspecified atom stereocenters. The molecule has 0 radical (unpaired) electrons. The molecular weight excluding hydrogens is 188 g/mol. The fraction of sp³-hybridized carbons (Fsp3) is 0.846. The van der Waals surface area contributed by atoms with Gasteiger partial charge in [-0.15, -0.1) is 0 Å². The van der Waals surface area contributed by atoms with Crippen LogP contribution in [0.2, 0.25) is 0 Å². The maximum absolute atomic E-state index is 10.3. The summed E-state index contributed by atoms with van der Waals surface area (Å²) in [5.74, 6) is 0.806. The highest BCUT2D eigenvalue weighted by Crippen LogP contribution is 2.61. The van der Waals surface area contributed by atoms with Crippen molar-refractivity contribution in [2.45, 2.75) is 50.7 Å². The summed E-state index contributed by atoms with van der Waals surface area (Å²) in [4.78, 5) is 0. The molecule has 2 heteroatoms. The Labute approximate surface area is 91.0 Å². The van der Waals surface area contributed by atoms with Crippen molar-refractivity contribution in [1.82, 2.24) is 0 Å². The topological polar surface area (TPSA) is 40.5 Å². The first-order chi connectivity index (χ1) is 7.13. The molecule has 3 aliphatic carbocycles. The summed E-state index contributed by atoms with van der Waals surface area (Å²) in [7, 11) is 0. The highest BCUT2D eigenvalue weighted by molar-refractivity contribution is 5.21. The van der Waals surface area contributed by atoms with Gasteiger partial charge in [0.15, 0.2) is 0 Å². The van der Waals surface area contributed by atoms with E-state index < -0.39 is 0 Å². The van der Waals surface area contributed by atoms with Crippen LogP contribution in [-0.2, 0) is 0 Å². The molecule has 0 aromatic carbocycles. The highest BCUT2D eigenvalue weighted by Gasteiger charge is 2.58. The summed E-state index contributed by atoms with van der Waals surface area (Å²) in [6.07, 6.45) is 5.61. The molecule has 0 saturated heterocycles. The predicted molar refractivity (Wildman–Crippen MR) is 58.3 cm³/mol. The van der Waals surface area contributed by atoms with Gasteiger partial charge in [-0.25, -0.2) is 0 Å². The Kier molecular flexibility index (Phi) is 2.02. The van der Waals surface area contributed by atoms with Crippen molar-refractivity contribution in [3.05, 3.63) is 12.2 Å². The molecule has 84 valence electrons. The minimum atomic E-state index is -0.201. The van der Waals surface area contributed by atoms with Gasteiger partial charge in [0, 0.05) is 5.41 Å². The average Bonchev–Trinajstić information content (AvgIpc) is 2.45. The van der Waals surface area contributed by atoms with Gasteiger partial charge >= 0.3 is 0 Å². The Balaban J connectivity index is 2.00. The molecule has 1 spiro atoms. The van der Waals surface area contributed by atoms with Gasteiger partial charge in [-0.3, -0.25) is 0 Å². The van der Waals surface area contributed by atoms with E-state index in [-0.39, 0.29) is 17.6 Å². The van der Waals surface area contributed by atoms with Gasteiger partial charge in [0.2, 0.25) is 0 Å². The van der Waals surface area contributed by atoms with E-state index in [9.17, 15) is 10.2 Å². The van der Waals surface area contributed by atoms with Crippen LogP contribution in [0.5, 0.6) is 0 Å². The lowest BCUT2D eigenvalue weighted by Gasteiger charge is -2.49. The molecule has 0 amide bonds. The lowest BCUT2D eigenvalue weighted by atomic mass is 9.58. The van der Waals surface area contributed by atoms with E-state index in [4.69, 9.17) is 0 Å². The summed E-state index contributed by atoms with van der Waals surface area (Å²) in [5, 5.41) is 20.4. The van der Waals surface area contributed by atoms with Crippen LogP contribution in [0, 0.1) is 17.3 Å². The van der Waals surface area contributed by atoms with Gasteiger partial charge in [0.1, 0.15) is 0 Å². The van der Waals surface area contributed by atoms with Crippen LogP contribution in [0.3, 0.4) is 0 Å². The third kappa shape index (κ3) is 1.18. The SMILES string of the molecule is C=C1C[C@]23CC1CC(O)C2CCC[C@@H]3O. The van der Waals surface area contributed by atoms with Crippen LogP contribution >= 0.6 is 0 Å². The number of allylic oxidation sites excluding steroid dienone is 1. The number of hydrogen-bond donors (Lipinski definition) is 2. The summed E-state index contributed by atoms with van der Waals surface area (Å²) in [6, 6.07) is 0. The first-order valence-corrected chi connectivity index (χ1v) is 6.17. The quantitative estimate of drug-likeness (QED) is 0.597. The van der Waals surface area contributed by atoms with E-state index in [1.807, 2.05) is 0 Å². The van der Waals surface area contributed by atoms with Crippen molar-refractivity contribution in [3.63, 3.8) is 0 Å². The Hall–Kier alpha value is -0.340. The Morgan fingerprint density at radius 1 is 1.27 bits per heavy atom. The lowest BCUT2D eigenvalue weighted by molar-refractivity contribution is -0.116. The van der Waals surface area contributed by atoms with Crippen molar-refractivity contribution in [1.29, 1.82) is 0 Å². The molecule has 3 rings (SSSR count). The highest BCUT2D eigenvalue weighted by atomic mass is 16.3. The standard InChI is InChI=1S/C13H20O2/c1-8-6-13-7-9(8)5-11(14)10(13)3-2-4-12(13)15/h9-12,14-15H,1-7H2/t9?,10?,11?,12-,13-/m0/s1. The second kappa shape index (κ2) is 3.08. The summed E-state index contributed by atoms with van der Waals surface area (Å²) >= 11 is 0. The molecule has 3 fully saturated rings. The number of hydrogen-bond acceptors (Lipinski definition) is 2. The van der Waals surface area contributed by atoms with Crippen LogP contribution in [0.4, 0.5) is 0 Å².